The molecule has 5 amide bonds. The van der Waals surface area contributed by atoms with Gasteiger partial charge in [-0.2, -0.15) is 26.3 Å². The number of nitrogens with one attached hydrogen (secondary N) is 5. The van der Waals surface area contributed by atoms with E-state index in [2.05, 4.69) is 52.8 Å². The molecule has 2 unspecified atom stereocenters. The second-order valence-corrected chi connectivity index (χ2v) is 15.9. The molecule has 60 heavy (non-hydrogen) atoms. The zero-order valence-corrected chi connectivity index (χ0v) is 33.8. The number of alkyl halides is 6. The molecule has 3 fully saturated rings. The van der Waals surface area contributed by atoms with Gasteiger partial charge >= 0.3 is 24.5 Å². The van der Waals surface area contributed by atoms with Crippen LogP contribution in [0.15, 0.2) is 36.7 Å². The van der Waals surface area contributed by atoms with Crippen LogP contribution >= 0.6 is 0 Å². The number of hydrogen-bond acceptors (Lipinski definition) is 7. The number of rotatable bonds is 11. The standard InChI is InChI=1S/C40H51F6N9O5/c1-21(39(41,42)43)31(52-37(58)47-3)35(56)54-17-5-7-29(54)33-48-19-27(50-33)25-13-9-23(10-14-25)24-11-15-26(16-12-24)28-20-49-34(51-28)30-8-6-18-55(30)36(57)32(53-38(59)60-4)22(2)40(44,45)46/h9-10,13-14,19-22,24,26,29-32H,5-8,11-12,15-18H2,1-4H3,(H,48,50)(H,49,51)(H,53,59)(H2,47,52,58)/t21?,22?,24?,26?,29-,30-,31-,32-/m0/s1. The molecule has 20 heteroatoms. The van der Waals surface area contributed by atoms with Gasteiger partial charge in [-0.25, -0.2) is 19.6 Å². The third-order valence-electron chi connectivity index (χ3n) is 12.3. The van der Waals surface area contributed by atoms with Gasteiger partial charge in [0.15, 0.2) is 0 Å². The first-order valence-electron chi connectivity index (χ1n) is 20.2. The van der Waals surface area contributed by atoms with Gasteiger partial charge in [0.1, 0.15) is 23.7 Å². The summed E-state index contributed by atoms with van der Waals surface area (Å²) < 4.78 is 86.7. The fourth-order valence-electron chi connectivity index (χ4n) is 8.62. The van der Waals surface area contributed by atoms with Crippen molar-refractivity contribution >= 4 is 23.9 Å². The molecule has 0 bridgehead atoms. The summed E-state index contributed by atoms with van der Waals surface area (Å²) in [4.78, 5) is 69.3. The summed E-state index contributed by atoms with van der Waals surface area (Å²) in [6, 6.07) is 2.36. The van der Waals surface area contributed by atoms with Crippen molar-refractivity contribution in [3.05, 3.63) is 59.6 Å². The Labute approximate surface area is 343 Å². The van der Waals surface area contributed by atoms with Gasteiger partial charge in [0.2, 0.25) is 11.8 Å². The maximum Gasteiger partial charge on any atom is 0.407 e. The second kappa shape index (κ2) is 18.1. The molecule has 1 saturated carbocycles. The van der Waals surface area contributed by atoms with Crippen molar-refractivity contribution in [3.63, 3.8) is 0 Å². The summed E-state index contributed by atoms with van der Waals surface area (Å²) in [6.07, 6.45) is -1.56. The van der Waals surface area contributed by atoms with Crippen molar-refractivity contribution in [1.29, 1.82) is 0 Å². The summed E-state index contributed by atoms with van der Waals surface area (Å²) in [6.45, 7) is 2.18. The van der Waals surface area contributed by atoms with Crippen LogP contribution in [0.1, 0.15) is 112 Å². The molecular weight excluding hydrogens is 800 g/mol. The predicted octanol–water partition coefficient (Wildman–Crippen LogP) is 6.99. The van der Waals surface area contributed by atoms with Crippen molar-refractivity contribution in [2.24, 2.45) is 11.8 Å². The average molecular weight is 852 g/mol. The predicted molar refractivity (Wildman–Crippen MR) is 205 cm³/mol. The number of ether oxygens (including phenoxy) is 1. The normalized spacial score (nSPS) is 23.1. The van der Waals surface area contributed by atoms with E-state index >= 15 is 0 Å². The van der Waals surface area contributed by atoms with Crippen LogP contribution in [0.4, 0.5) is 35.9 Å². The van der Waals surface area contributed by atoms with Crippen molar-refractivity contribution in [3.8, 4) is 11.3 Å². The highest BCUT2D eigenvalue weighted by Crippen LogP contribution is 2.42. The summed E-state index contributed by atoms with van der Waals surface area (Å²) in [7, 11) is 2.28. The maximum absolute atomic E-state index is 13.7. The number of aromatic nitrogens is 4. The molecule has 14 nitrogen and oxygen atoms in total. The third kappa shape index (κ3) is 9.67. The van der Waals surface area contributed by atoms with E-state index in [1.54, 1.807) is 12.4 Å². The first-order valence-corrected chi connectivity index (χ1v) is 20.2. The SMILES string of the molecule is CNC(=O)N[C@H](C(=O)N1CCC[C@H]1c1ncc(-c2ccc(C3CCC(c4cnc([C@@H]5CCCN5C(=O)[C@@H](NC(=O)OC)C(C)C(F)(F)F)[nH]4)CC3)cc2)[nH]1)C(C)C(F)(F)F. The molecule has 4 heterocycles. The number of alkyl carbamates (subject to hydrolysis) is 1. The van der Waals surface area contributed by atoms with Gasteiger partial charge in [-0.3, -0.25) is 9.59 Å². The van der Waals surface area contributed by atoms with Gasteiger partial charge in [-0.15, -0.1) is 0 Å². The molecule has 6 rings (SSSR count). The minimum atomic E-state index is -4.73. The van der Waals surface area contributed by atoms with E-state index in [9.17, 15) is 45.5 Å². The van der Waals surface area contributed by atoms with Gasteiger partial charge in [0.25, 0.3) is 0 Å². The zero-order chi connectivity index (χ0) is 43.5. The van der Waals surface area contributed by atoms with Crippen LogP contribution in [0.3, 0.4) is 0 Å². The Morgan fingerprint density at radius 1 is 0.733 bits per heavy atom. The lowest BCUT2D eigenvalue weighted by Gasteiger charge is -2.32. The van der Waals surface area contributed by atoms with Crippen LogP contribution in [0.5, 0.6) is 0 Å². The van der Waals surface area contributed by atoms with Crippen molar-refractivity contribution in [1.82, 2.24) is 45.7 Å². The van der Waals surface area contributed by atoms with Gasteiger partial charge in [0.05, 0.1) is 42.9 Å². The highest BCUT2D eigenvalue weighted by atomic mass is 19.4. The second-order valence-electron chi connectivity index (χ2n) is 15.9. The molecule has 3 aliphatic rings. The molecule has 0 radical (unpaired) electrons. The lowest BCUT2D eigenvalue weighted by atomic mass is 9.77. The van der Waals surface area contributed by atoms with Crippen LogP contribution in [0.25, 0.3) is 11.3 Å². The fraction of sp³-hybridized carbons (Fsp3) is 0.600. The van der Waals surface area contributed by atoms with Crippen molar-refractivity contribution < 1.29 is 50.3 Å². The molecule has 2 aliphatic heterocycles. The molecule has 5 N–H and O–H groups in total. The number of benzene rings is 1. The lowest BCUT2D eigenvalue weighted by Crippen LogP contribution is -2.56. The van der Waals surface area contributed by atoms with Crippen molar-refractivity contribution in [2.45, 2.75) is 114 Å². The highest BCUT2D eigenvalue weighted by Gasteiger charge is 2.49. The van der Waals surface area contributed by atoms with Crippen LogP contribution in [-0.4, -0.2) is 105 Å². The maximum atomic E-state index is 13.7. The number of methoxy groups -OCH3 is 1. The van der Waals surface area contributed by atoms with E-state index < -0.39 is 72.3 Å². The van der Waals surface area contributed by atoms with E-state index in [-0.39, 0.29) is 19.0 Å². The molecule has 0 spiro atoms. The third-order valence-corrected chi connectivity index (χ3v) is 12.3. The lowest BCUT2D eigenvalue weighted by molar-refractivity contribution is -0.183. The highest BCUT2D eigenvalue weighted by molar-refractivity contribution is 5.88. The van der Waals surface area contributed by atoms with E-state index in [0.717, 1.165) is 63.5 Å². The summed E-state index contributed by atoms with van der Waals surface area (Å²) >= 11 is 0. The Morgan fingerprint density at radius 2 is 1.23 bits per heavy atom. The van der Waals surface area contributed by atoms with Crippen LogP contribution in [0.2, 0.25) is 0 Å². The number of urea groups is 1. The van der Waals surface area contributed by atoms with Gasteiger partial charge < -0.3 is 40.5 Å². The average Bonchev–Trinajstić information content (AvgIpc) is 4.07. The zero-order valence-electron chi connectivity index (χ0n) is 33.8. The van der Waals surface area contributed by atoms with E-state index in [1.807, 2.05) is 12.1 Å². The number of carbonyl (C=O) groups excluding carboxylic acids is 4. The van der Waals surface area contributed by atoms with E-state index in [4.69, 9.17) is 0 Å². The Balaban J connectivity index is 1.06. The quantitative estimate of drug-likeness (QED) is 0.129. The molecule has 1 aliphatic carbocycles. The molecule has 2 aromatic heterocycles. The molecule has 328 valence electrons. The number of hydrogen-bond donors (Lipinski definition) is 5. The summed E-state index contributed by atoms with van der Waals surface area (Å²) in [5.41, 5.74) is 3.59. The molecule has 6 atom stereocenters. The smallest absolute Gasteiger partial charge is 0.407 e. The van der Waals surface area contributed by atoms with Gasteiger partial charge in [-0.1, -0.05) is 38.1 Å². The Bertz CT molecular complexity index is 1980. The van der Waals surface area contributed by atoms with Gasteiger partial charge in [0, 0.05) is 37.9 Å². The number of aromatic amines is 2. The molecule has 3 aromatic rings. The number of likely N-dealkylation sites (tertiary alicyclic amines) is 2. The number of halogens is 6. The number of nitrogens with zero attached hydrogens (tertiary/aromatic N) is 4. The first-order chi connectivity index (χ1) is 28.4. The minimum Gasteiger partial charge on any atom is -0.453 e. The Morgan fingerprint density at radius 3 is 1.75 bits per heavy atom. The number of amides is 5. The van der Waals surface area contributed by atoms with Crippen molar-refractivity contribution in [2.75, 3.05) is 27.2 Å². The van der Waals surface area contributed by atoms with E-state index in [1.165, 1.54) is 16.8 Å². The van der Waals surface area contributed by atoms with Crippen LogP contribution < -0.4 is 16.0 Å². The van der Waals surface area contributed by atoms with Crippen LogP contribution in [0, 0.1) is 11.8 Å². The summed E-state index contributed by atoms with van der Waals surface area (Å²) in [5.74, 6) is -4.52. The number of carbonyl (C=O) groups is 4. The Hall–Kier alpha value is -5.30. The monoisotopic (exact) mass is 851 g/mol. The molecular formula is C40H51F6N9O5. The summed E-state index contributed by atoms with van der Waals surface area (Å²) in [5, 5.41) is 6.48. The number of H-pyrrole nitrogens is 2. The van der Waals surface area contributed by atoms with E-state index in [0.29, 0.717) is 48.9 Å². The van der Waals surface area contributed by atoms with Crippen LogP contribution in [-0.2, 0) is 14.3 Å². The first kappa shape index (κ1) is 44.3. The molecule has 1 aromatic carbocycles. The number of imidazole rings is 2. The van der Waals surface area contributed by atoms with Gasteiger partial charge in [-0.05, 0) is 68.4 Å². The fourth-order valence-corrected chi connectivity index (χ4v) is 8.62. The Kier molecular flexibility index (Phi) is 13.4. The minimum absolute atomic E-state index is 0.170. The largest absolute Gasteiger partial charge is 0.453 e. The molecule has 2 saturated heterocycles. The topological polar surface area (TPSA) is 177 Å².